The van der Waals surface area contributed by atoms with Gasteiger partial charge in [0, 0.05) is 31.0 Å². The van der Waals surface area contributed by atoms with Crippen LogP contribution in [0.1, 0.15) is 31.0 Å². The van der Waals surface area contributed by atoms with Crippen LogP contribution in [0.4, 0.5) is 0 Å². The number of hydrogen-bond acceptors (Lipinski definition) is 4. The number of para-hydroxylation sites is 2. The number of likely N-dealkylation sites (tertiary alicyclic amines) is 1. The van der Waals surface area contributed by atoms with Crippen molar-refractivity contribution in [1.29, 1.82) is 0 Å². The van der Waals surface area contributed by atoms with E-state index in [0.717, 1.165) is 47.7 Å². The fourth-order valence-electron chi connectivity index (χ4n) is 4.23. The number of ether oxygens (including phenoxy) is 2. The molecule has 6 heteroatoms. The van der Waals surface area contributed by atoms with E-state index in [1.165, 1.54) is 0 Å². The van der Waals surface area contributed by atoms with E-state index < -0.39 is 0 Å². The van der Waals surface area contributed by atoms with E-state index in [9.17, 15) is 4.79 Å². The van der Waals surface area contributed by atoms with Crippen LogP contribution in [0.25, 0.3) is 11.0 Å². The monoisotopic (exact) mass is 391 g/mol. The summed E-state index contributed by atoms with van der Waals surface area (Å²) in [4.78, 5) is 19.4. The first kappa shape index (κ1) is 18.0. The Hall–Kier alpha value is -3.02. The highest BCUT2D eigenvalue weighted by Crippen LogP contribution is 2.37. The number of fused-ring (bicyclic) bond motifs is 1. The number of carbonyl (C=O) groups is 1. The summed E-state index contributed by atoms with van der Waals surface area (Å²) in [7, 11) is 1.65. The molecular weight excluding hydrogens is 366 g/mol. The SMILES string of the molecule is COc1cccc(OCCn2c(C3CC(=O)N(C4CC4)C3)nc3ccccc32)c1. The quantitative estimate of drug-likeness (QED) is 0.618. The topological polar surface area (TPSA) is 56.6 Å². The molecular formula is C23H25N3O3. The summed E-state index contributed by atoms with van der Waals surface area (Å²) in [5.74, 6) is 2.97. The highest BCUT2D eigenvalue weighted by molar-refractivity contribution is 5.81. The van der Waals surface area contributed by atoms with Gasteiger partial charge in [-0.1, -0.05) is 18.2 Å². The zero-order valence-corrected chi connectivity index (χ0v) is 16.6. The lowest BCUT2D eigenvalue weighted by Crippen LogP contribution is -2.27. The number of nitrogens with zero attached hydrogens (tertiary/aromatic N) is 3. The van der Waals surface area contributed by atoms with Crippen LogP contribution in [0.15, 0.2) is 48.5 Å². The predicted octanol–water partition coefficient (Wildman–Crippen LogP) is 3.60. The Bertz CT molecular complexity index is 1040. The lowest BCUT2D eigenvalue weighted by Gasteiger charge is -2.17. The number of amides is 1. The molecule has 1 amide bonds. The zero-order chi connectivity index (χ0) is 19.8. The first-order valence-corrected chi connectivity index (χ1v) is 10.2. The Morgan fingerprint density at radius 2 is 1.93 bits per heavy atom. The van der Waals surface area contributed by atoms with Crippen LogP contribution in [0.2, 0.25) is 0 Å². The minimum absolute atomic E-state index is 0.146. The van der Waals surface area contributed by atoms with Crippen LogP contribution in [0.5, 0.6) is 11.5 Å². The molecule has 2 fully saturated rings. The molecule has 3 aromatic rings. The van der Waals surface area contributed by atoms with Crippen molar-refractivity contribution in [3.8, 4) is 11.5 Å². The fourth-order valence-corrected chi connectivity index (χ4v) is 4.23. The number of aromatic nitrogens is 2. The van der Waals surface area contributed by atoms with E-state index in [-0.39, 0.29) is 11.8 Å². The summed E-state index contributed by atoms with van der Waals surface area (Å²) >= 11 is 0. The van der Waals surface area contributed by atoms with Crippen molar-refractivity contribution in [2.75, 3.05) is 20.3 Å². The minimum atomic E-state index is 0.146. The molecule has 2 aliphatic rings. The molecule has 1 saturated heterocycles. The van der Waals surface area contributed by atoms with Crippen molar-refractivity contribution in [3.05, 3.63) is 54.4 Å². The van der Waals surface area contributed by atoms with Gasteiger partial charge in [-0.3, -0.25) is 4.79 Å². The maximum absolute atomic E-state index is 12.5. The van der Waals surface area contributed by atoms with Gasteiger partial charge in [0.25, 0.3) is 0 Å². The number of hydrogen-bond donors (Lipinski definition) is 0. The predicted molar refractivity (Wildman–Crippen MR) is 110 cm³/mol. The van der Waals surface area contributed by atoms with E-state index in [0.29, 0.717) is 25.6 Å². The van der Waals surface area contributed by atoms with Gasteiger partial charge in [-0.25, -0.2) is 4.98 Å². The minimum Gasteiger partial charge on any atom is -0.497 e. The standard InChI is InChI=1S/C23H25N3O3/c1-28-18-5-4-6-19(14-18)29-12-11-25-21-8-3-2-7-20(21)24-23(25)16-13-22(27)26(15-16)17-9-10-17/h2-8,14,16-17H,9-13,15H2,1H3. The Balaban J connectivity index is 1.37. The lowest BCUT2D eigenvalue weighted by molar-refractivity contribution is -0.128. The molecule has 5 rings (SSSR count). The van der Waals surface area contributed by atoms with Gasteiger partial charge in [-0.2, -0.15) is 0 Å². The molecule has 0 spiro atoms. The third-order valence-electron chi connectivity index (χ3n) is 5.82. The van der Waals surface area contributed by atoms with Crippen molar-refractivity contribution >= 4 is 16.9 Å². The largest absolute Gasteiger partial charge is 0.497 e. The Morgan fingerprint density at radius 1 is 1.10 bits per heavy atom. The third-order valence-corrected chi connectivity index (χ3v) is 5.82. The van der Waals surface area contributed by atoms with E-state index in [4.69, 9.17) is 14.5 Å². The van der Waals surface area contributed by atoms with E-state index in [1.807, 2.05) is 42.5 Å². The highest BCUT2D eigenvalue weighted by Gasteiger charge is 2.41. The van der Waals surface area contributed by atoms with Crippen LogP contribution in [-0.4, -0.2) is 46.7 Å². The van der Waals surface area contributed by atoms with E-state index in [1.54, 1.807) is 7.11 Å². The molecule has 6 nitrogen and oxygen atoms in total. The molecule has 150 valence electrons. The molecule has 1 saturated carbocycles. The number of carbonyl (C=O) groups excluding carboxylic acids is 1. The smallest absolute Gasteiger partial charge is 0.223 e. The van der Waals surface area contributed by atoms with Crippen molar-refractivity contribution in [2.24, 2.45) is 0 Å². The fraction of sp³-hybridized carbons (Fsp3) is 0.391. The average Bonchev–Trinajstić information content (AvgIpc) is 3.42. The van der Waals surface area contributed by atoms with Crippen molar-refractivity contribution in [2.45, 2.75) is 37.8 Å². The van der Waals surface area contributed by atoms with Crippen molar-refractivity contribution < 1.29 is 14.3 Å². The first-order chi connectivity index (χ1) is 14.2. The highest BCUT2D eigenvalue weighted by atomic mass is 16.5. The Morgan fingerprint density at radius 3 is 2.76 bits per heavy atom. The van der Waals surface area contributed by atoms with E-state index >= 15 is 0 Å². The van der Waals surface area contributed by atoms with Gasteiger partial charge in [0.05, 0.1) is 24.7 Å². The lowest BCUT2D eigenvalue weighted by atomic mass is 10.1. The maximum atomic E-state index is 12.5. The second-order valence-electron chi connectivity index (χ2n) is 7.82. The number of rotatable bonds is 7. The van der Waals surface area contributed by atoms with Crippen LogP contribution < -0.4 is 9.47 Å². The van der Waals surface area contributed by atoms with Crippen molar-refractivity contribution in [1.82, 2.24) is 14.5 Å². The summed E-state index contributed by atoms with van der Waals surface area (Å²) < 4.78 is 13.5. The molecule has 1 aliphatic heterocycles. The molecule has 1 atom stereocenters. The zero-order valence-electron chi connectivity index (χ0n) is 16.6. The van der Waals surface area contributed by atoms with Crippen LogP contribution in [-0.2, 0) is 11.3 Å². The summed E-state index contributed by atoms with van der Waals surface area (Å²) in [6.07, 6.45) is 2.84. The number of benzene rings is 2. The molecule has 1 aliphatic carbocycles. The Labute approximate surface area is 170 Å². The average molecular weight is 391 g/mol. The molecule has 0 radical (unpaired) electrons. The third kappa shape index (κ3) is 3.55. The molecule has 2 heterocycles. The van der Waals surface area contributed by atoms with Crippen LogP contribution >= 0.6 is 0 Å². The summed E-state index contributed by atoms with van der Waals surface area (Å²) in [5, 5.41) is 0. The van der Waals surface area contributed by atoms with Gasteiger partial charge in [0.1, 0.15) is 23.9 Å². The summed E-state index contributed by atoms with van der Waals surface area (Å²) in [6.45, 7) is 1.98. The van der Waals surface area contributed by atoms with Gasteiger partial charge in [-0.05, 0) is 37.1 Å². The van der Waals surface area contributed by atoms with E-state index in [2.05, 4.69) is 15.5 Å². The second kappa shape index (κ2) is 7.43. The van der Waals surface area contributed by atoms with Gasteiger partial charge in [0.2, 0.25) is 5.91 Å². The van der Waals surface area contributed by atoms with Gasteiger partial charge >= 0.3 is 0 Å². The Kier molecular flexibility index (Phi) is 4.62. The normalized spacial score (nSPS) is 19.1. The molecule has 0 N–H and O–H groups in total. The van der Waals surface area contributed by atoms with Crippen LogP contribution in [0, 0.1) is 0 Å². The maximum Gasteiger partial charge on any atom is 0.223 e. The number of methoxy groups -OCH3 is 1. The number of imidazole rings is 1. The summed E-state index contributed by atoms with van der Waals surface area (Å²) in [5.41, 5.74) is 2.07. The second-order valence-corrected chi connectivity index (χ2v) is 7.82. The van der Waals surface area contributed by atoms with Gasteiger partial charge in [0.15, 0.2) is 0 Å². The molecule has 0 bridgehead atoms. The van der Waals surface area contributed by atoms with Crippen molar-refractivity contribution in [3.63, 3.8) is 0 Å². The molecule has 29 heavy (non-hydrogen) atoms. The molecule has 1 aromatic heterocycles. The van der Waals surface area contributed by atoms with Gasteiger partial charge in [-0.15, -0.1) is 0 Å². The first-order valence-electron chi connectivity index (χ1n) is 10.2. The molecule has 2 aromatic carbocycles. The van der Waals surface area contributed by atoms with Gasteiger partial charge < -0.3 is 18.9 Å². The summed E-state index contributed by atoms with van der Waals surface area (Å²) in [6, 6.07) is 16.3. The van der Waals surface area contributed by atoms with Crippen LogP contribution in [0.3, 0.4) is 0 Å². The molecule has 1 unspecified atom stereocenters.